The normalized spacial score (nSPS) is 12.2. The fourth-order valence-electron chi connectivity index (χ4n) is 1.21. The van der Waals surface area contributed by atoms with Gasteiger partial charge < -0.3 is 10.4 Å². The van der Waals surface area contributed by atoms with Crippen LogP contribution in [0.15, 0.2) is 21.9 Å². The smallest absolute Gasteiger partial charge is 0.331 e. The molecule has 0 radical (unpaired) electrons. The van der Waals surface area contributed by atoms with Crippen molar-refractivity contribution < 1.29 is 9.90 Å². The highest BCUT2D eigenvalue weighted by atomic mass is 16.3. The SMILES string of the molecule is C[C@H](O)CNC(=O)Cn1ccc(=O)n(C)c1=O. The van der Waals surface area contributed by atoms with Crippen LogP contribution < -0.4 is 16.6 Å². The molecule has 0 saturated heterocycles. The van der Waals surface area contributed by atoms with Gasteiger partial charge in [-0.05, 0) is 6.92 Å². The lowest BCUT2D eigenvalue weighted by molar-refractivity contribution is -0.122. The van der Waals surface area contributed by atoms with Gasteiger partial charge in [-0.25, -0.2) is 4.79 Å². The van der Waals surface area contributed by atoms with Gasteiger partial charge in [-0.2, -0.15) is 0 Å². The number of carbonyl (C=O) groups excluding carboxylic acids is 1. The van der Waals surface area contributed by atoms with E-state index in [0.717, 1.165) is 9.13 Å². The van der Waals surface area contributed by atoms with Crippen molar-refractivity contribution in [2.45, 2.75) is 19.6 Å². The third-order valence-corrected chi connectivity index (χ3v) is 2.17. The maximum atomic E-state index is 11.6. The van der Waals surface area contributed by atoms with Crippen LogP contribution >= 0.6 is 0 Å². The molecular formula is C10H15N3O4. The van der Waals surface area contributed by atoms with Crippen LogP contribution in [-0.2, 0) is 18.4 Å². The summed E-state index contributed by atoms with van der Waals surface area (Å²) in [6, 6.07) is 1.21. The molecule has 7 heteroatoms. The number of amides is 1. The second kappa shape index (κ2) is 5.44. The molecular weight excluding hydrogens is 226 g/mol. The summed E-state index contributed by atoms with van der Waals surface area (Å²) in [6.45, 7) is 1.48. The van der Waals surface area contributed by atoms with Gasteiger partial charge >= 0.3 is 5.69 Å². The predicted octanol–water partition coefficient (Wildman–Crippen LogP) is -1.96. The molecule has 1 amide bonds. The highest BCUT2D eigenvalue weighted by Gasteiger charge is 2.07. The number of carbonyl (C=O) groups is 1. The maximum Gasteiger partial charge on any atom is 0.331 e. The minimum Gasteiger partial charge on any atom is -0.392 e. The maximum absolute atomic E-state index is 11.6. The first kappa shape index (κ1) is 13.2. The van der Waals surface area contributed by atoms with Crippen LogP contribution in [0.25, 0.3) is 0 Å². The number of aliphatic hydroxyl groups excluding tert-OH is 1. The number of hydrogen-bond acceptors (Lipinski definition) is 4. The van der Waals surface area contributed by atoms with Crippen LogP contribution in [-0.4, -0.2) is 32.8 Å². The predicted molar refractivity (Wildman–Crippen MR) is 60.6 cm³/mol. The van der Waals surface area contributed by atoms with Crippen molar-refractivity contribution in [1.29, 1.82) is 0 Å². The molecule has 0 aromatic carbocycles. The molecule has 1 heterocycles. The molecule has 0 spiro atoms. The molecule has 0 saturated carbocycles. The molecule has 1 aromatic rings. The standard InChI is InChI=1S/C10H15N3O4/c1-7(14)5-11-8(15)6-13-4-3-9(16)12(2)10(13)17/h3-4,7,14H,5-6H2,1-2H3,(H,11,15)/t7-/m0/s1. The van der Waals surface area contributed by atoms with E-state index in [1.165, 1.54) is 19.3 Å². The van der Waals surface area contributed by atoms with Gasteiger partial charge in [-0.1, -0.05) is 0 Å². The summed E-state index contributed by atoms with van der Waals surface area (Å²) in [4.78, 5) is 34.1. The lowest BCUT2D eigenvalue weighted by atomic mass is 10.4. The van der Waals surface area contributed by atoms with Crippen molar-refractivity contribution in [3.05, 3.63) is 33.1 Å². The van der Waals surface area contributed by atoms with Gasteiger partial charge in [0, 0.05) is 25.9 Å². The van der Waals surface area contributed by atoms with E-state index in [4.69, 9.17) is 5.11 Å². The molecule has 0 fully saturated rings. The van der Waals surface area contributed by atoms with Crippen molar-refractivity contribution in [2.75, 3.05) is 6.54 Å². The first-order valence-electron chi connectivity index (χ1n) is 5.13. The second-order valence-electron chi connectivity index (χ2n) is 3.78. The molecule has 7 nitrogen and oxygen atoms in total. The molecule has 0 aliphatic carbocycles. The van der Waals surface area contributed by atoms with Gasteiger partial charge in [0.2, 0.25) is 5.91 Å². The van der Waals surface area contributed by atoms with Crippen LogP contribution in [0.4, 0.5) is 0 Å². The highest BCUT2D eigenvalue weighted by molar-refractivity contribution is 5.75. The van der Waals surface area contributed by atoms with Crippen molar-refractivity contribution in [3.63, 3.8) is 0 Å². The molecule has 94 valence electrons. The molecule has 0 unspecified atom stereocenters. The van der Waals surface area contributed by atoms with Crippen LogP contribution in [0, 0.1) is 0 Å². The van der Waals surface area contributed by atoms with E-state index in [1.54, 1.807) is 6.92 Å². The van der Waals surface area contributed by atoms with E-state index >= 15 is 0 Å². The van der Waals surface area contributed by atoms with Crippen LogP contribution in [0.2, 0.25) is 0 Å². The lowest BCUT2D eigenvalue weighted by Crippen LogP contribution is -2.41. The zero-order chi connectivity index (χ0) is 13.0. The molecule has 17 heavy (non-hydrogen) atoms. The number of aromatic nitrogens is 2. The van der Waals surface area contributed by atoms with Crippen molar-refractivity contribution >= 4 is 5.91 Å². The van der Waals surface area contributed by atoms with Gasteiger partial charge in [-0.15, -0.1) is 0 Å². The summed E-state index contributed by atoms with van der Waals surface area (Å²) in [5.41, 5.74) is -0.972. The third-order valence-electron chi connectivity index (χ3n) is 2.17. The van der Waals surface area contributed by atoms with E-state index in [2.05, 4.69) is 5.32 Å². The Labute approximate surface area is 97.3 Å². The van der Waals surface area contributed by atoms with E-state index in [-0.39, 0.29) is 13.1 Å². The Morgan fingerprint density at radius 1 is 1.53 bits per heavy atom. The van der Waals surface area contributed by atoms with Gasteiger partial charge in [0.25, 0.3) is 5.56 Å². The number of nitrogens with zero attached hydrogens (tertiary/aromatic N) is 2. The average Bonchev–Trinajstić information content (AvgIpc) is 2.27. The van der Waals surface area contributed by atoms with E-state index in [9.17, 15) is 14.4 Å². The molecule has 0 bridgehead atoms. The number of hydrogen-bond donors (Lipinski definition) is 2. The fraction of sp³-hybridized carbons (Fsp3) is 0.500. The van der Waals surface area contributed by atoms with E-state index < -0.39 is 23.3 Å². The summed E-state index contributed by atoms with van der Waals surface area (Å²) in [5, 5.41) is 11.4. The quantitative estimate of drug-likeness (QED) is 0.640. The summed E-state index contributed by atoms with van der Waals surface area (Å²) in [7, 11) is 1.34. The fourth-order valence-corrected chi connectivity index (χ4v) is 1.21. The monoisotopic (exact) mass is 241 g/mol. The summed E-state index contributed by atoms with van der Waals surface area (Å²) in [6.07, 6.45) is 0.628. The highest BCUT2D eigenvalue weighted by Crippen LogP contribution is 1.81. The van der Waals surface area contributed by atoms with Crippen molar-refractivity contribution in [1.82, 2.24) is 14.5 Å². The number of rotatable bonds is 4. The molecule has 0 aliphatic heterocycles. The van der Waals surface area contributed by atoms with Gasteiger partial charge in [-0.3, -0.25) is 18.7 Å². The molecule has 1 atom stereocenters. The Balaban J connectivity index is 2.76. The van der Waals surface area contributed by atoms with Crippen LogP contribution in [0.3, 0.4) is 0 Å². The number of aliphatic hydroxyl groups is 1. The Bertz CT molecular complexity index is 515. The zero-order valence-corrected chi connectivity index (χ0v) is 9.71. The zero-order valence-electron chi connectivity index (χ0n) is 9.71. The number of nitrogens with one attached hydrogen (secondary N) is 1. The Hall–Kier alpha value is -1.89. The lowest BCUT2D eigenvalue weighted by Gasteiger charge is -2.09. The van der Waals surface area contributed by atoms with E-state index in [0.29, 0.717) is 0 Å². The van der Waals surface area contributed by atoms with Crippen LogP contribution in [0.1, 0.15) is 6.92 Å². The minimum absolute atomic E-state index is 0.124. The second-order valence-corrected chi connectivity index (χ2v) is 3.78. The average molecular weight is 241 g/mol. The Morgan fingerprint density at radius 3 is 2.76 bits per heavy atom. The largest absolute Gasteiger partial charge is 0.392 e. The van der Waals surface area contributed by atoms with Crippen molar-refractivity contribution in [3.8, 4) is 0 Å². The summed E-state index contributed by atoms with van der Waals surface area (Å²) >= 11 is 0. The minimum atomic E-state index is -0.643. The van der Waals surface area contributed by atoms with E-state index in [1.807, 2.05) is 0 Å². The van der Waals surface area contributed by atoms with Crippen molar-refractivity contribution in [2.24, 2.45) is 7.05 Å². The molecule has 0 aliphatic rings. The van der Waals surface area contributed by atoms with Gasteiger partial charge in [0.05, 0.1) is 6.10 Å². The Morgan fingerprint density at radius 2 is 2.18 bits per heavy atom. The molecule has 1 aromatic heterocycles. The molecule has 1 rings (SSSR count). The Kier molecular flexibility index (Phi) is 4.22. The topological polar surface area (TPSA) is 93.3 Å². The summed E-state index contributed by atoms with van der Waals surface area (Å²) in [5.74, 6) is -0.397. The first-order chi connectivity index (χ1) is 7.91. The van der Waals surface area contributed by atoms with Gasteiger partial charge in [0.1, 0.15) is 6.54 Å². The molecule has 2 N–H and O–H groups in total. The summed E-state index contributed by atoms with van der Waals surface area (Å²) < 4.78 is 2.04. The van der Waals surface area contributed by atoms with Crippen LogP contribution in [0.5, 0.6) is 0 Å². The third kappa shape index (κ3) is 3.56. The van der Waals surface area contributed by atoms with Gasteiger partial charge in [0.15, 0.2) is 0 Å². The first-order valence-corrected chi connectivity index (χ1v) is 5.13.